The molecule has 17 heavy (non-hydrogen) atoms. The normalized spacial score (nSPS) is 27.6. The van der Waals surface area contributed by atoms with Gasteiger partial charge in [0.1, 0.15) is 12.1 Å². The van der Waals surface area contributed by atoms with Gasteiger partial charge in [0.2, 0.25) is 0 Å². The van der Waals surface area contributed by atoms with Gasteiger partial charge in [-0.1, -0.05) is 34.1 Å². The fourth-order valence-electron chi connectivity index (χ4n) is 2.37. The molecule has 2 unspecified atom stereocenters. The fraction of sp³-hybridized carbons (Fsp3) is 0.929. The summed E-state index contributed by atoms with van der Waals surface area (Å²) in [7, 11) is 0. The van der Waals surface area contributed by atoms with Crippen molar-refractivity contribution in [3.05, 3.63) is 0 Å². The van der Waals surface area contributed by atoms with E-state index in [-0.39, 0.29) is 17.5 Å². The van der Waals surface area contributed by atoms with Crippen LogP contribution in [0.5, 0.6) is 0 Å². The molecule has 0 heterocycles. The van der Waals surface area contributed by atoms with Crippen molar-refractivity contribution < 1.29 is 9.53 Å². The smallest absolute Gasteiger partial charge is 0.323 e. The first-order valence-electron chi connectivity index (χ1n) is 6.82. The van der Waals surface area contributed by atoms with Gasteiger partial charge in [-0.15, -0.1) is 0 Å². The van der Waals surface area contributed by atoms with E-state index < -0.39 is 6.04 Å². The van der Waals surface area contributed by atoms with Gasteiger partial charge in [-0.05, 0) is 37.0 Å². The summed E-state index contributed by atoms with van der Waals surface area (Å²) in [5, 5.41) is 0. The highest BCUT2D eigenvalue weighted by molar-refractivity contribution is 5.76. The minimum atomic E-state index is -0.526. The van der Waals surface area contributed by atoms with E-state index in [9.17, 15) is 4.79 Å². The lowest BCUT2D eigenvalue weighted by Crippen LogP contribution is -2.45. The predicted molar refractivity (Wildman–Crippen MR) is 69.6 cm³/mol. The molecule has 1 fully saturated rings. The molecular weight excluding hydrogens is 214 g/mol. The predicted octanol–water partition coefficient (Wildman–Crippen LogP) is 2.87. The Labute approximate surface area is 105 Å². The van der Waals surface area contributed by atoms with Gasteiger partial charge in [-0.25, -0.2) is 0 Å². The first-order valence-corrected chi connectivity index (χ1v) is 6.82. The largest absolute Gasteiger partial charge is 0.461 e. The van der Waals surface area contributed by atoms with Crippen LogP contribution in [0.15, 0.2) is 0 Å². The molecule has 0 aromatic carbocycles. The lowest BCUT2D eigenvalue weighted by atomic mass is 9.84. The zero-order valence-corrected chi connectivity index (χ0v) is 11.7. The molecule has 100 valence electrons. The number of carbonyl (C=O) groups excluding carboxylic acids is 1. The standard InChI is InChI=1S/C14H27NO2/c1-5-10-8-6-7-9-11(10)17-13(16)12(15)14(2,3)4/h10-12H,5-9,15H2,1-4H3/t10?,11?,12-/m1/s1. The number of esters is 1. The van der Waals surface area contributed by atoms with Gasteiger partial charge in [-0.2, -0.15) is 0 Å². The average Bonchev–Trinajstić information content (AvgIpc) is 2.27. The van der Waals surface area contributed by atoms with Gasteiger partial charge in [0.25, 0.3) is 0 Å². The van der Waals surface area contributed by atoms with Crippen molar-refractivity contribution in [1.29, 1.82) is 0 Å². The van der Waals surface area contributed by atoms with Crippen LogP contribution in [0.3, 0.4) is 0 Å². The third-order valence-corrected chi connectivity index (χ3v) is 3.82. The van der Waals surface area contributed by atoms with Gasteiger partial charge in [0.15, 0.2) is 0 Å². The molecule has 0 saturated heterocycles. The van der Waals surface area contributed by atoms with Crippen LogP contribution in [0.2, 0.25) is 0 Å². The second-order valence-corrected chi connectivity index (χ2v) is 6.27. The Morgan fingerprint density at radius 3 is 2.47 bits per heavy atom. The molecule has 2 N–H and O–H groups in total. The minimum absolute atomic E-state index is 0.0923. The zero-order chi connectivity index (χ0) is 13.1. The highest BCUT2D eigenvalue weighted by Gasteiger charge is 2.33. The van der Waals surface area contributed by atoms with E-state index >= 15 is 0 Å². The number of rotatable bonds is 3. The third kappa shape index (κ3) is 3.98. The van der Waals surface area contributed by atoms with E-state index in [2.05, 4.69) is 6.92 Å². The van der Waals surface area contributed by atoms with Crippen LogP contribution < -0.4 is 5.73 Å². The zero-order valence-electron chi connectivity index (χ0n) is 11.7. The second kappa shape index (κ2) is 5.85. The summed E-state index contributed by atoms with van der Waals surface area (Å²) in [4.78, 5) is 12.0. The topological polar surface area (TPSA) is 52.3 Å². The van der Waals surface area contributed by atoms with Crippen molar-refractivity contribution in [2.24, 2.45) is 17.1 Å². The molecular formula is C14H27NO2. The number of carbonyl (C=O) groups is 1. The van der Waals surface area contributed by atoms with Gasteiger partial charge in [0.05, 0.1) is 0 Å². The molecule has 0 aromatic heterocycles. The Bertz CT molecular complexity index is 257. The minimum Gasteiger partial charge on any atom is -0.461 e. The quantitative estimate of drug-likeness (QED) is 0.773. The third-order valence-electron chi connectivity index (χ3n) is 3.82. The van der Waals surface area contributed by atoms with Crippen LogP contribution in [-0.4, -0.2) is 18.1 Å². The molecule has 1 rings (SSSR count). The molecule has 0 bridgehead atoms. The van der Waals surface area contributed by atoms with Crippen LogP contribution in [0.1, 0.15) is 59.8 Å². The summed E-state index contributed by atoms with van der Waals surface area (Å²) in [5.41, 5.74) is 5.70. The Balaban J connectivity index is 2.55. The van der Waals surface area contributed by atoms with Gasteiger partial charge in [-0.3, -0.25) is 4.79 Å². The van der Waals surface area contributed by atoms with Crippen LogP contribution in [0.4, 0.5) is 0 Å². The van der Waals surface area contributed by atoms with Crippen molar-refractivity contribution in [1.82, 2.24) is 0 Å². The molecule has 0 aromatic rings. The molecule has 3 atom stereocenters. The molecule has 0 spiro atoms. The molecule has 0 radical (unpaired) electrons. The van der Waals surface area contributed by atoms with Gasteiger partial charge >= 0.3 is 5.97 Å². The lowest BCUT2D eigenvalue weighted by Gasteiger charge is -2.33. The Kier molecular flexibility index (Phi) is 4.99. The molecule has 0 amide bonds. The first kappa shape index (κ1) is 14.5. The molecule has 1 aliphatic rings. The fourth-order valence-corrected chi connectivity index (χ4v) is 2.37. The van der Waals surface area contributed by atoms with Crippen LogP contribution >= 0.6 is 0 Å². The van der Waals surface area contributed by atoms with E-state index in [1.807, 2.05) is 20.8 Å². The summed E-state index contributed by atoms with van der Waals surface area (Å²) in [5.74, 6) is 0.294. The van der Waals surface area contributed by atoms with Crippen molar-refractivity contribution in [2.75, 3.05) is 0 Å². The Hall–Kier alpha value is -0.570. The molecule has 1 saturated carbocycles. The van der Waals surface area contributed by atoms with E-state index in [1.54, 1.807) is 0 Å². The summed E-state index contributed by atoms with van der Waals surface area (Å²) >= 11 is 0. The molecule has 0 aliphatic heterocycles. The van der Waals surface area contributed by atoms with Crippen molar-refractivity contribution in [2.45, 2.75) is 71.9 Å². The van der Waals surface area contributed by atoms with Crippen molar-refractivity contribution >= 4 is 5.97 Å². The van der Waals surface area contributed by atoms with Crippen LogP contribution in [-0.2, 0) is 9.53 Å². The maximum Gasteiger partial charge on any atom is 0.323 e. The van der Waals surface area contributed by atoms with E-state index in [4.69, 9.17) is 10.5 Å². The molecule has 3 nitrogen and oxygen atoms in total. The number of hydrogen-bond acceptors (Lipinski definition) is 3. The summed E-state index contributed by atoms with van der Waals surface area (Å²) in [6.07, 6.45) is 5.79. The Morgan fingerprint density at radius 2 is 1.94 bits per heavy atom. The SMILES string of the molecule is CCC1CCCCC1OC(=O)[C@@H](N)C(C)(C)C. The maximum atomic E-state index is 12.0. The maximum absolute atomic E-state index is 12.0. The average molecular weight is 241 g/mol. The summed E-state index contributed by atoms with van der Waals surface area (Å²) in [6.45, 7) is 8.08. The van der Waals surface area contributed by atoms with Crippen LogP contribution in [0.25, 0.3) is 0 Å². The van der Waals surface area contributed by atoms with Gasteiger partial charge < -0.3 is 10.5 Å². The van der Waals surface area contributed by atoms with Crippen molar-refractivity contribution in [3.8, 4) is 0 Å². The monoisotopic (exact) mass is 241 g/mol. The summed E-state index contributed by atoms with van der Waals surface area (Å²) in [6, 6.07) is -0.526. The first-order chi connectivity index (χ1) is 7.86. The second-order valence-electron chi connectivity index (χ2n) is 6.27. The molecule has 3 heteroatoms. The van der Waals surface area contributed by atoms with E-state index in [0.717, 1.165) is 12.8 Å². The highest BCUT2D eigenvalue weighted by Crippen LogP contribution is 2.30. The van der Waals surface area contributed by atoms with Gasteiger partial charge in [0, 0.05) is 0 Å². The van der Waals surface area contributed by atoms with E-state index in [1.165, 1.54) is 19.3 Å². The molecule has 1 aliphatic carbocycles. The number of hydrogen-bond donors (Lipinski definition) is 1. The highest BCUT2D eigenvalue weighted by atomic mass is 16.5. The summed E-state index contributed by atoms with van der Waals surface area (Å²) < 4.78 is 5.62. The van der Waals surface area contributed by atoms with Crippen LogP contribution in [0, 0.1) is 11.3 Å². The number of nitrogens with two attached hydrogens (primary N) is 1. The Morgan fingerprint density at radius 1 is 1.35 bits per heavy atom. The number of ether oxygens (including phenoxy) is 1. The van der Waals surface area contributed by atoms with Crippen molar-refractivity contribution in [3.63, 3.8) is 0 Å². The van der Waals surface area contributed by atoms with E-state index in [0.29, 0.717) is 5.92 Å². The lowest BCUT2D eigenvalue weighted by molar-refractivity contribution is -0.158.